The Morgan fingerprint density at radius 1 is 1.62 bits per heavy atom. The number of aryl methyl sites for hydroxylation is 1. The number of aromatic nitrogens is 3. The maximum absolute atomic E-state index is 11.2. The number of hydrogen-bond donors (Lipinski definition) is 3. The molecule has 0 spiro atoms. The van der Waals surface area contributed by atoms with Crippen LogP contribution in [0.25, 0.3) is 0 Å². The fourth-order valence-corrected chi connectivity index (χ4v) is 1.08. The highest BCUT2D eigenvalue weighted by Gasteiger charge is 2.03. The summed E-state index contributed by atoms with van der Waals surface area (Å²) in [5.74, 6) is -0.373. The maximum Gasteiger partial charge on any atom is 0.227 e. The summed E-state index contributed by atoms with van der Waals surface area (Å²) >= 11 is 0. The molecule has 0 fully saturated rings. The van der Waals surface area contributed by atoms with E-state index in [-0.39, 0.29) is 18.2 Å². The van der Waals surface area contributed by atoms with Gasteiger partial charge in [0.2, 0.25) is 5.91 Å². The number of carbonyl (C=O) groups is 1. The number of carbonyl (C=O) groups excluding carboxylic acids is 1. The lowest BCUT2D eigenvalue weighted by molar-refractivity contribution is -0.119. The van der Waals surface area contributed by atoms with Crippen LogP contribution in [-0.4, -0.2) is 38.5 Å². The molecule has 0 aromatic carbocycles. The van der Waals surface area contributed by atoms with Gasteiger partial charge in [-0.1, -0.05) is 10.4 Å². The highest BCUT2D eigenvalue weighted by atomic mass is 16.4. The van der Waals surface area contributed by atoms with Crippen LogP contribution in [0.5, 0.6) is 0 Å². The van der Waals surface area contributed by atoms with Gasteiger partial charge in [-0.05, 0) is 6.42 Å². The van der Waals surface area contributed by atoms with Crippen LogP contribution in [0.4, 0.5) is 0 Å². The van der Waals surface area contributed by atoms with Gasteiger partial charge in [-0.15, -0.1) is 5.10 Å². The lowest BCUT2D eigenvalue weighted by Gasteiger charge is -2.04. The average molecular weight is 226 g/mol. The van der Waals surface area contributed by atoms with Crippen LogP contribution in [0.1, 0.15) is 12.8 Å². The van der Waals surface area contributed by atoms with Crippen molar-refractivity contribution < 1.29 is 10.0 Å². The second-order valence-electron chi connectivity index (χ2n) is 3.14. The number of nitrogens with one attached hydrogen (secondary N) is 1. The molecule has 0 atom stereocenters. The molecular weight excluding hydrogens is 212 g/mol. The summed E-state index contributed by atoms with van der Waals surface area (Å²) in [6.45, 7) is 1.20. The Hall–Kier alpha value is -2.12. The van der Waals surface area contributed by atoms with Crippen molar-refractivity contribution in [3.05, 3.63) is 12.4 Å². The van der Waals surface area contributed by atoms with Crippen molar-refractivity contribution >= 4 is 11.7 Å². The SMILES string of the molecule is N/C(CC(=O)NCCCn1ccnn1)=N/O. The van der Waals surface area contributed by atoms with Gasteiger partial charge in [-0.25, -0.2) is 0 Å². The molecule has 1 aromatic heterocycles. The van der Waals surface area contributed by atoms with Crippen LogP contribution in [0.3, 0.4) is 0 Å². The molecule has 1 heterocycles. The van der Waals surface area contributed by atoms with Gasteiger partial charge in [0, 0.05) is 19.3 Å². The van der Waals surface area contributed by atoms with Gasteiger partial charge < -0.3 is 16.3 Å². The molecule has 0 bridgehead atoms. The third-order valence-corrected chi connectivity index (χ3v) is 1.83. The smallest absolute Gasteiger partial charge is 0.227 e. The first-order chi connectivity index (χ1) is 7.72. The molecule has 16 heavy (non-hydrogen) atoms. The van der Waals surface area contributed by atoms with E-state index in [2.05, 4.69) is 20.8 Å². The Labute approximate surface area is 92.1 Å². The summed E-state index contributed by atoms with van der Waals surface area (Å²) < 4.78 is 1.68. The van der Waals surface area contributed by atoms with E-state index in [4.69, 9.17) is 10.9 Å². The summed E-state index contributed by atoms with van der Waals surface area (Å²) in [5, 5.41) is 21.0. The summed E-state index contributed by atoms with van der Waals surface area (Å²) in [5.41, 5.74) is 5.17. The van der Waals surface area contributed by atoms with Crippen LogP contribution in [0.15, 0.2) is 17.5 Å². The van der Waals surface area contributed by atoms with Crippen LogP contribution in [0.2, 0.25) is 0 Å². The molecule has 1 aromatic rings. The van der Waals surface area contributed by atoms with Gasteiger partial charge >= 0.3 is 0 Å². The van der Waals surface area contributed by atoms with Crippen molar-refractivity contribution in [2.75, 3.05) is 6.54 Å². The molecule has 0 aliphatic carbocycles. The van der Waals surface area contributed by atoms with Gasteiger partial charge in [0.25, 0.3) is 0 Å². The fraction of sp³-hybridized carbons (Fsp3) is 0.500. The number of amidine groups is 1. The van der Waals surface area contributed by atoms with E-state index in [1.54, 1.807) is 17.1 Å². The largest absolute Gasteiger partial charge is 0.409 e. The van der Waals surface area contributed by atoms with E-state index < -0.39 is 0 Å². The van der Waals surface area contributed by atoms with E-state index >= 15 is 0 Å². The lowest BCUT2D eigenvalue weighted by atomic mass is 10.3. The Kier molecular flexibility index (Phi) is 4.77. The van der Waals surface area contributed by atoms with E-state index in [1.807, 2.05) is 0 Å². The van der Waals surface area contributed by atoms with E-state index in [0.717, 1.165) is 6.42 Å². The summed E-state index contributed by atoms with van der Waals surface area (Å²) in [4.78, 5) is 11.2. The lowest BCUT2D eigenvalue weighted by Crippen LogP contribution is -2.29. The first kappa shape index (κ1) is 12.0. The maximum atomic E-state index is 11.2. The van der Waals surface area contributed by atoms with Crippen LogP contribution < -0.4 is 11.1 Å². The Morgan fingerprint density at radius 2 is 2.44 bits per heavy atom. The van der Waals surface area contributed by atoms with Crippen LogP contribution in [0, 0.1) is 0 Å². The van der Waals surface area contributed by atoms with Crippen molar-refractivity contribution in [3.8, 4) is 0 Å². The second-order valence-corrected chi connectivity index (χ2v) is 3.14. The highest BCUT2D eigenvalue weighted by molar-refractivity contribution is 5.98. The van der Waals surface area contributed by atoms with Crippen molar-refractivity contribution in [1.29, 1.82) is 0 Å². The molecule has 0 aliphatic rings. The van der Waals surface area contributed by atoms with Gasteiger partial charge in [0.1, 0.15) is 5.84 Å². The summed E-state index contributed by atoms with van der Waals surface area (Å²) in [6, 6.07) is 0. The molecule has 0 saturated heterocycles. The quantitative estimate of drug-likeness (QED) is 0.187. The fourth-order valence-electron chi connectivity index (χ4n) is 1.08. The minimum atomic E-state index is -0.270. The van der Waals surface area contributed by atoms with Gasteiger partial charge in [0.05, 0.1) is 12.6 Å². The summed E-state index contributed by atoms with van der Waals surface area (Å²) in [7, 11) is 0. The monoisotopic (exact) mass is 226 g/mol. The van der Waals surface area contributed by atoms with Crippen molar-refractivity contribution in [1.82, 2.24) is 20.3 Å². The summed E-state index contributed by atoms with van der Waals surface area (Å²) in [6.07, 6.45) is 3.99. The third kappa shape index (κ3) is 4.40. The Morgan fingerprint density at radius 3 is 3.06 bits per heavy atom. The first-order valence-corrected chi connectivity index (χ1v) is 4.79. The molecule has 8 nitrogen and oxygen atoms in total. The number of nitrogens with zero attached hydrogens (tertiary/aromatic N) is 4. The van der Waals surface area contributed by atoms with Crippen molar-refractivity contribution in [3.63, 3.8) is 0 Å². The third-order valence-electron chi connectivity index (χ3n) is 1.83. The van der Waals surface area contributed by atoms with Gasteiger partial charge in [-0.2, -0.15) is 0 Å². The molecule has 0 unspecified atom stereocenters. The zero-order valence-corrected chi connectivity index (χ0v) is 8.70. The minimum absolute atomic E-state index is 0.0974. The first-order valence-electron chi connectivity index (χ1n) is 4.79. The molecule has 1 amide bonds. The standard InChI is InChI=1S/C8H14N6O2/c9-7(12-16)6-8(15)10-2-1-4-14-5-3-11-13-14/h3,5,16H,1-2,4,6H2,(H2,9,12)(H,10,15). The molecular formula is C8H14N6O2. The number of oxime groups is 1. The molecule has 8 heteroatoms. The predicted molar refractivity (Wildman–Crippen MR) is 55.7 cm³/mol. The number of hydrogen-bond acceptors (Lipinski definition) is 5. The molecule has 4 N–H and O–H groups in total. The average Bonchev–Trinajstić information content (AvgIpc) is 2.77. The van der Waals surface area contributed by atoms with E-state index in [0.29, 0.717) is 13.1 Å². The predicted octanol–water partition coefficient (Wildman–Crippen LogP) is -1.08. The Bertz CT molecular complexity index is 347. The zero-order valence-electron chi connectivity index (χ0n) is 8.70. The molecule has 1 rings (SSSR count). The molecule has 0 radical (unpaired) electrons. The second kappa shape index (κ2) is 6.38. The molecule has 0 saturated carbocycles. The van der Waals surface area contributed by atoms with Crippen molar-refractivity contribution in [2.24, 2.45) is 10.9 Å². The Balaban J connectivity index is 2.09. The highest BCUT2D eigenvalue weighted by Crippen LogP contribution is 1.87. The number of rotatable bonds is 6. The zero-order chi connectivity index (χ0) is 11.8. The molecule has 0 aliphatic heterocycles. The van der Waals surface area contributed by atoms with Crippen LogP contribution in [-0.2, 0) is 11.3 Å². The molecule has 88 valence electrons. The van der Waals surface area contributed by atoms with Gasteiger partial charge in [-0.3, -0.25) is 9.48 Å². The van der Waals surface area contributed by atoms with E-state index in [9.17, 15) is 4.79 Å². The van der Waals surface area contributed by atoms with Crippen molar-refractivity contribution in [2.45, 2.75) is 19.4 Å². The topological polar surface area (TPSA) is 118 Å². The normalized spacial score (nSPS) is 11.4. The minimum Gasteiger partial charge on any atom is -0.409 e. The van der Waals surface area contributed by atoms with E-state index in [1.165, 1.54) is 0 Å². The number of amides is 1. The number of nitrogens with two attached hydrogens (primary N) is 1. The van der Waals surface area contributed by atoms with Crippen LogP contribution >= 0.6 is 0 Å². The van der Waals surface area contributed by atoms with Gasteiger partial charge in [0.15, 0.2) is 0 Å².